The molecule has 1 N–H and O–H groups in total. The van der Waals surface area contributed by atoms with E-state index >= 15 is 0 Å². The fraction of sp³-hybridized carbons (Fsp3) is 0.333. The number of nitrogens with zero attached hydrogens (tertiary/aromatic N) is 2. The van der Waals surface area contributed by atoms with Crippen molar-refractivity contribution in [3.05, 3.63) is 54.2 Å². The molecule has 5 heteroatoms. The van der Waals surface area contributed by atoms with Gasteiger partial charge in [-0.25, -0.2) is 4.68 Å². The maximum absolute atomic E-state index is 12.2. The van der Waals surface area contributed by atoms with Crippen LogP contribution in [0.15, 0.2) is 48.7 Å². The van der Waals surface area contributed by atoms with Crippen LogP contribution < -0.4 is 10.1 Å². The molecule has 1 aromatic heterocycles. The highest BCUT2D eigenvalue weighted by molar-refractivity contribution is 5.90. The molecule has 0 fully saturated rings. The summed E-state index contributed by atoms with van der Waals surface area (Å²) in [5, 5.41) is 7.26. The van der Waals surface area contributed by atoms with Gasteiger partial charge >= 0.3 is 0 Å². The van der Waals surface area contributed by atoms with E-state index in [1.165, 1.54) is 0 Å². The third-order valence-electron chi connectivity index (χ3n) is 4.04. The van der Waals surface area contributed by atoms with Gasteiger partial charge < -0.3 is 10.1 Å². The Labute approximate surface area is 136 Å². The van der Waals surface area contributed by atoms with E-state index in [0.29, 0.717) is 18.9 Å². The maximum Gasteiger partial charge on any atom is 0.226 e. The molecule has 23 heavy (non-hydrogen) atoms. The number of methoxy groups -OCH3 is 1. The van der Waals surface area contributed by atoms with E-state index in [-0.39, 0.29) is 5.91 Å². The van der Waals surface area contributed by atoms with Crippen molar-refractivity contribution in [2.75, 3.05) is 12.4 Å². The molecule has 0 saturated heterocycles. The molecular formula is C18H21N3O2. The largest absolute Gasteiger partial charge is 0.497 e. The number of carbonyl (C=O) groups is 1. The van der Waals surface area contributed by atoms with Gasteiger partial charge in [-0.2, -0.15) is 5.10 Å². The highest BCUT2D eigenvalue weighted by Crippen LogP contribution is 2.21. The van der Waals surface area contributed by atoms with Crippen molar-refractivity contribution in [2.24, 2.45) is 5.92 Å². The first-order valence-corrected chi connectivity index (χ1v) is 7.86. The van der Waals surface area contributed by atoms with Gasteiger partial charge in [0.25, 0.3) is 0 Å². The van der Waals surface area contributed by atoms with E-state index in [9.17, 15) is 4.79 Å². The number of hydrogen-bond donors (Lipinski definition) is 1. The predicted molar refractivity (Wildman–Crippen MR) is 89.4 cm³/mol. The van der Waals surface area contributed by atoms with E-state index in [1.54, 1.807) is 18.0 Å². The minimum atomic E-state index is 0.0398. The molecule has 1 amide bonds. The summed E-state index contributed by atoms with van der Waals surface area (Å²) in [7, 11) is 1.65. The number of benzene rings is 1. The second-order valence-electron chi connectivity index (χ2n) is 5.74. The Balaban J connectivity index is 1.61. The third kappa shape index (κ3) is 4.00. The van der Waals surface area contributed by atoms with Crippen LogP contribution in [0, 0.1) is 5.92 Å². The van der Waals surface area contributed by atoms with Gasteiger partial charge in [-0.3, -0.25) is 4.79 Å². The van der Waals surface area contributed by atoms with Crippen LogP contribution in [-0.2, 0) is 11.3 Å². The molecule has 2 aromatic rings. The molecule has 1 atom stereocenters. The minimum absolute atomic E-state index is 0.0398. The summed E-state index contributed by atoms with van der Waals surface area (Å²) in [6.45, 7) is 0.607. The number of carbonyl (C=O) groups excluding carboxylic acids is 1. The molecule has 1 aliphatic carbocycles. The van der Waals surface area contributed by atoms with Crippen molar-refractivity contribution in [2.45, 2.75) is 25.8 Å². The summed E-state index contributed by atoms with van der Waals surface area (Å²) in [5.41, 5.74) is 1.10. The van der Waals surface area contributed by atoms with E-state index in [2.05, 4.69) is 22.6 Å². The van der Waals surface area contributed by atoms with Gasteiger partial charge in [0.2, 0.25) is 5.91 Å². The van der Waals surface area contributed by atoms with Gasteiger partial charge in [-0.15, -0.1) is 0 Å². The molecular weight excluding hydrogens is 290 g/mol. The number of anilines is 1. The number of allylic oxidation sites excluding steroid dienone is 2. The minimum Gasteiger partial charge on any atom is -0.497 e. The monoisotopic (exact) mass is 311 g/mol. The summed E-state index contributed by atoms with van der Waals surface area (Å²) < 4.78 is 6.95. The Hall–Kier alpha value is -2.56. The van der Waals surface area contributed by atoms with Crippen molar-refractivity contribution in [1.82, 2.24) is 9.78 Å². The van der Waals surface area contributed by atoms with Crippen LogP contribution in [0.4, 0.5) is 5.82 Å². The summed E-state index contributed by atoms with van der Waals surface area (Å²) in [6.07, 6.45) is 8.66. The van der Waals surface area contributed by atoms with Crippen molar-refractivity contribution >= 4 is 11.7 Å². The second kappa shape index (κ2) is 7.13. The van der Waals surface area contributed by atoms with Gasteiger partial charge in [-0.1, -0.05) is 24.3 Å². The van der Waals surface area contributed by atoms with Gasteiger partial charge in [0.15, 0.2) is 0 Å². The van der Waals surface area contributed by atoms with Crippen molar-refractivity contribution in [3.63, 3.8) is 0 Å². The van der Waals surface area contributed by atoms with E-state index in [4.69, 9.17) is 4.74 Å². The van der Waals surface area contributed by atoms with Gasteiger partial charge in [-0.05, 0) is 36.5 Å². The summed E-state index contributed by atoms with van der Waals surface area (Å²) in [4.78, 5) is 12.2. The summed E-state index contributed by atoms with van der Waals surface area (Å²) in [5.74, 6) is 1.96. The van der Waals surface area contributed by atoms with E-state index < -0.39 is 0 Å². The lowest BCUT2D eigenvalue weighted by atomic mass is 10.1. The molecule has 5 nitrogen and oxygen atoms in total. The third-order valence-corrected chi connectivity index (χ3v) is 4.04. The number of nitrogens with one attached hydrogen (secondary N) is 1. The quantitative estimate of drug-likeness (QED) is 0.833. The Bertz CT molecular complexity index is 689. The molecule has 0 aliphatic heterocycles. The normalized spacial score (nSPS) is 16.5. The average molecular weight is 311 g/mol. The van der Waals surface area contributed by atoms with Crippen LogP contribution in [-0.4, -0.2) is 22.8 Å². The van der Waals surface area contributed by atoms with Crippen molar-refractivity contribution in [3.8, 4) is 5.75 Å². The zero-order chi connectivity index (χ0) is 16.1. The maximum atomic E-state index is 12.2. The number of hydrogen-bond acceptors (Lipinski definition) is 3. The molecule has 0 radical (unpaired) electrons. The fourth-order valence-electron chi connectivity index (χ4n) is 2.77. The van der Waals surface area contributed by atoms with Crippen LogP contribution in [0.25, 0.3) is 0 Å². The first-order valence-electron chi connectivity index (χ1n) is 7.86. The standard InChI is InChI=1S/C18H21N3O2/c1-23-16-8-6-15(7-9-16)13-21-17(10-11-19-21)20-18(22)12-14-4-2-3-5-14/h2,4,6-11,14H,3,5,12-13H2,1H3,(H,20,22). The molecule has 0 spiro atoms. The zero-order valence-electron chi connectivity index (χ0n) is 13.2. The number of amides is 1. The van der Waals surface area contributed by atoms with Crippen LogP contribution in [0.2, 0.25) is 0 Å². The van der Waals surface area contributed by atoms with Crippen LogP contribution >= 0.6 is 0 Å². The second-order valence-corrected chi connectivity index (χ2v) is 5.74. The highest BCUT2D eigenvalue weighted by Gasteiger charge is 2.15. The molecule has 0 bridgehead atoms. The SMILES string of the molecule is COc1ccc(Cn2nccc2NC(=O)CC2C=CCC2)cc1. The van der Waals surface area contributed by atoms with E-state index in [0.717, 1.165) is 30.0 Å². The Kier molecular flexibility index (Phi) is 4.76. The Morgan fingerprint density at radius 1 is 1.35 bits per heavy atom. The fourth-order valence-corrected chi connectivity index (χ4v) is 2.77. The lowest BCUT2D eigenvalue weighted by Gasteiger charge is -2.11. The number of rotatable bonds is 6. The lowest BCUT2D eigenvalue weighted by molar-refractivity contribution is -0.116. The Morgan fingerprint density at radius 2 is 2.17 bits per heavy atom. The number of ether oxygens (including phenoxy) is 1. The van der Waals surface area contributed by atoms with Gasteiger partial charge in [0, 0.05) is 12.5 Å². The Morgan fingerprint density at radius 3 is 2.87 bits per heavy atom. The molecule has 1 aliphatic rings. The topological polar surface area (TPSA) is 56.1 Å². The lowest BCUT2D eigenvalue weighted by Crippen LogP contribution is -2.18. The van der Waals surface area contributed by atoms with Crippen molar-refractivity contribution < 1.29 is 9.53 Å². The predicted octanol–water partition coefficient (Wildman–Crippen LogP) is 3.23. The average Bonchev–Trinajstić information content (AvgIpc) is 3.21. The first-order chi connectivity index (χ1) is 11.2. The molecule has 0 saturated carbocycles. The number of aromatic nitrogens is 2. The van der Waals surface area contributed by atoms with Crippen molar-refractivity contribution in [1.29, 1.82) is 0 Å². The van der Waals surface area contributed by atoms with Crippen LogP contribution in [0.3, 0.4) is 0 Å². The van der Waals surface area contributed by atoms with Crippen LogP contribution in [0.5, 0.6) is 5.75 Å². The van der Waals surface area contributed by atoms with Crippen LogP contribution in [0.1, 0.15) is 24.8 Å². The molecule has 1 unspecified atom stereocenters. The molecule has 3 rings (SSSR count). The molecule has 1 heterocycles. The van der Waals surface area contributed by atoms with Gasteiger partial charge in [0.05, 0.1) is 19.9 Å². The zero-order valence-corrected chi connectivity index (χ0v) is 13.2. The first kappa shape index (κ1) is 15.3. The van der Waals surface area contributed by atoms with Gasteiger partial charge in [0.1, 0.15) is 11.6 Å². The smallest absolute Gasteiger partial charge is 0.226 e. The van der Waals surface area contributed by atoms with E-state index in [1.807, 2.05) is 30.3 Å². The molecule has 120 valence electrons. The summed E-state index contributed by atoms with van der Waals surface area (Å²) >= 11 is 0. The highest BCUT2D eigenvalue weighted by atomic mass is 16.5. The summed E-state index contributed by atoms with van der Waals surface area (Å²) in [6, 6.07) is 9.66. The molecule has 1 aromatic carbocycles.